The molecule has 9 heteroatoms. The SMILES string of the molecule is Cc1cccn2c(C(C)(C)NC(=O)[C@@H]3CN(C(=O)c4cnn(C(C)C)c4)CCN3)ncc12. The Hall–Kier alpha value is -3.20. The van der Waals surface area contributed by atoms with Crippen molar-refractivity contribution >= 4 is 17.3 Å². The number of carbonyl (C=O) groups excluding carboxylic acids is 2. The topological polar surface area (TPSA) is 96.6 Å². The summed E-state index contributed by atoms with van der Waals surface area (Å²) >= 11 is 0. The van der Waals surface area contributed by atoms with Crippen LogP contribution in [0, 0.1) is 6.92 Å². The minimum absolute atomic E-state index is 0.106. The van der Waals surface area contributed by atoms with E-state index in [-0.39, 0.29) is 17.9 Å². The van der Waals surface area contributed by atoms with E-state index in [1.807, 2.05) is 63.5 Å². The van der Waals surface area contributed by atoms with Crippen molar-refractivity contribution in [1.82, 2.24) is 34.7 Å². The van der Waals surface area contributed by atoms with Gasteiger partial charge in [-0.25, -0.2) is 4.98 Å². The maximum Gasteiger partial charge on any atom is 0.257 e. The molecule has 2 amide bonds. The van der Waals surface area contributed by atoms with Crippen LogP contribution in [0.25, 0.3) is 5.52 Å². The van der Waals surface area contributed by atoms with Crippen LogP contribution in [0.2, 0.25) is 0 Å². The van der Waals surface area contributed by atoms with Crippen molar-refractivity contribution in [2.45, 2.75) is 52.2 Å². The molecule has 1 fully saturated rings. The number of hydrogen-bond donors (Lipinski definition) is 2. The van der Waals surface area contributed by atoms with Gasteiger partial charge in [-0.2, -0.15) is 5.10 Å². The van der Waals surface area contributed by atoms with Crippen LogP contribution in [0.3, 0.4) is 0 Å². The molecule has 0 saturated carbocycles. The molecule has 0 aliphatic carbocycles. The van der Waals surface area contributed by atoms with Crippen molar-refractivity contribution in [3.05, 3.63) is 53.9 Å². The first-order valence-electron chi connectivity index (χ1n) is 11.0. The third kappa shape index (κ3) is 4.12. The molecule has 2 N–H and O–H groups in total. The number of aromatic nitrogens is 4. The lowest BCUT2D eigenvalue weighted by molar-refractivity contribution is -0.125. The van der Waals surface area contributed by atoms with Gasteiger partial charge in [0, 0.05) is 38.1 Å². The smallest absolute Gasteiger partial charge is 0.257 e. The van der Waals surface area contributed by atoms with Gasteiger partial charge in [-0.3, -0.25) is 14.3 Å². The summed E-state index contributed by atoms with van der Waals surface area (Å²) in [5.74, 6) is 0.495. The van der Waals surface area contributed by atoms with Crippen LogP contribution in [0.1, 0.15) is 55.5 Å². The molecule has 0 unspecified atom stereocenters. The zero-order valence-corrected chi connectivity index (χ0v) is 19.3. The van der Waals surface area contributed by atoms with E-state index in [0.717, 1.165) is 16.9 Å². The minimum atomic E-state index is -0.691. The van der Waals surface area contributed by atoms with Crippen molar-refractivity contribution < 1.29 is 9.59 Å². The molecule has 1 atom stereocenters. The highest BCUT2D eigenvalue weighted by Crippen LogP contribution is 2.22. The van der Waals surface area contributed by atoms with Crippen molar-refractivity contribution in [3.8, 4) is 0 Å². The van der Waals surface area contributed by atoms with Crippen LogP contribution in [-0.4, -0.2) is 61.6 Å². The lowest BCUT2D eigenvalue weighted by Gasteiger charge is -2.35. The fraction of sp³-hybridized carbons (Fsp3) is 0.478. The zero-order valence-electron chi connectivity index (χ0n) is 19.3. The highest BCUT2D eigenvalue weighted by atomic mass is 16.2. The van der Waals surface area contributed by atoms with Crippen molar-refractivity contribution in [3.63, 3.8) is 0 Å². The first-order chi connectivity index (χ1) is 15.2. The minimum Gasteiger partial charge on any atom is -0.343 e. The first-order valence-corrected chi connectivity index (χ1v) is 11.0. The summed E-state index contributed by atoms with van der Waals surface area (Å²) in [6.07, 6.45) is 7.14. The van der Waals surface area contributed by atoms with Gasteiger partial charge in [0.05, 0.1) is 29.0 Å². The maximum absolute atomic E-state index is 13.1. The van der Waals surface area contributed by atoms with Gasteiger partial charge in [0.2, 0.25) is 5.91 Å². The molecule has 32 heavy (non-hydrogen) atoms. The molecule has 3 aromatic heterocycles. The van der Waals surface area contributed by atoms with E-state index in [1.54, 1.807) is 22.0 Å². The molecule has 1 aliphatic rings. The van der Waals surface area contributed by atoms with Crippen LogP contribution in [0.5, 0.6) is 0 Å². The van der Waals surface area contributed by atoms with Gasteiger partial charge in [0.15, 0.2) is 0 Å². The summed E-state index contributed by atoms with van der Waals surface area (Å²) in [6.45, 7) is 11.3. The molecule has 1 saturated heterocycles. The van der Waals surface area contributed by atoms with Crippen molar-refractivity contribution in [2.75, 3.05) is 19.6 Å². The van der Waals surface area contributed by atoms with Gasteiger partial charge in [0.1, 0.15) is 11.9 Å². The van der Waals surface area contributed by atoms with Gasteiger partial charge < -0.3 is 19.9 Å². The molecule has 3 aromatic rings. The quantitative estimate of drug-likeness (QED) is 0.635. The lowest BCUT2D eigenvalue weighted by atomic mass is 10.0. The Kier molecular flexibility index (Phi) is 5.77. The van der Waals surface area contributed by atoms with E-state index in [2.05, 4.69) is 20.7 Å². The maximum atomic E-state index is 13.1. The lowest BCUT2D eigenvalue weighted by Crippen LogP contribution is -2.60. The number of nitrogens with one attached hydrogen (secondary N) is 2. The Labute approximate surface area is 187 Å². The number of hydrogen-bond acceptors (Lipinski definition) is 5. The average Bonchev–Trinajstić information content (AvgIpc) is 3.42. The molecule has 0 radical (unpaired) electrons. The van der Waals surface area contributed by atoms with Crippen molar-refractivity contribution in [1.29, 1.82) is 0 Å². The Bertz CT molecular complexity index is 1140. The van der Waals surface area contributed by atoms with Crippen LogP contribution in [-0.2, 0) is 10.3 Å². The van der Waals surface area contributed by atoms with E-state index in [4.69, 9.17) is 0 Å². The summed E-state index contributed by atoms with van der Waals surface area (Å²) in [7, 11) is 0. The summed E-state index contributed by atoms with van der Waals surface area (Å²) < 4.78 is 3.77. The van der Waals surface area contributed by atoms with E-state index in [9.17, 15) is 9.59 Å². The summed E-state index contributed by atoms with van der Waals surface area (Å²) in [4.78, 5) is 32.4. The van der Waals surface area contributed by atoms with Crippen LogP contribution in [0.15, 0.2) is 36.9 Å². The Balaban J connectivity index is 1.46. The predicted octanol–water partition coefficient (Wildman–Crippen LogP) is 1.89. The highest BCUT2D eigenvalue weighted by molar-refractivity contribution is 5.94. The largest absolute Gasteiger partial charge is 0.343 e. The van der Waals surface area contributed by atoms with E-state index < -0.39 is 11.6 Å². The molecule has 4 heterocycles. The number of nitrogens with zero attached hydrogens (tertiary/aromatic N) is 5. The first kappa shape index (κ1) is 22.0. The molecule has 170 valence electrons. The third-order valence-corrected chi connectivity index (χ3v) is 5.93. The van der Waals surface area contributed by atoms with Gasteiger partial charge in [-0.15, -0.1) is 0 Å². The number of imidazole rings is 1. The number of aryl methyl sites for hydroxylation is 1. The van der Waals surface area contributed by atoms with E-state index in [1.165, 1.54) is 0 Å². The Morgan fingerprint density at radius 3 is 2.78 bits per heavy atom. The highest BCUT2D eigenvalue weighted by Gasteiger charge is 2.34. The molecule has 0 aromatic carbocycles. The zero-order chi connectivity index (χ0) is 23.0. The number of carbonyl (C=O) groups is 2. The number of rotatable bonds is 5. The summed E-state index contributed by atoms with van der Waals surface area (Å²) in [5, 5.41) is 10.6. The van der Waals surface area contributed by atoms with Gasteiger partial charge in [-0.1, -0.05) is 6.07 Å². The predicted molar refractivity (Wildman–Crippen MR) is 121 cm³/mol. The van der Waals surface area contributed by atoms with Gasteiger partial charge in [0.25, 0.3) is 5.91 Å². The number of pyridine rings is 1. The summed E-state index contributed by atoms with van der Waals surface area (Å²) in [6, 6.07) is 3.69. The normalized spacial score (nSPS) is 17.2. The second-order valence-corrected chi connectivity index (χ2v) is 9.20. The monoisotopic (exact) mass is 437 g/mol. The molecule has 0 spiro atoms. The van der Waals surface area contributed by atoms with Gasteiger partial charge >= 0.3 is 0 Å². The second kappa shape index (κ2) is 8.38. The Morgan fingerprint density at radius 1 is 1.28 bits per heavy atom. The van der Waals surface area contributed by atoms with Crippen LogP contribution >= 0.6 is 0 Å². The molecule has 9 nitrogen and oxygen atoms in total. The standard InChI is InChI=1S/C23H31N7O2/c1-15(2)30-13-17(11-26-30)21(32)28-10-8-24-18(14-28)20(31)27-23(4,5)22-25-12-19-16(3)7-6-9-29(19)22/h6-7,9,11-13,15,18,24H,8,10,14H2,1-5H3,(H,27,31)/t18-/m0/s1. The molecule has 0 bridgehead atoms. The summed E-state index contributed by atoms with van der Waals surface area (Å²) in [5.41, 5.74) is 1.99. The molecular weight excluding hydrogens is 406 g/mol. The fourth-order valence-electron chi connectivity index (χ4n) is 4.10. The van der Waals surface area contributed by atoms with Crippen LogP contribution in [0.4, 0.5) is 0 Å². The third-order valence-electron chi connectivity index (χ3n) is 5.93. The fourth-order valence-corrected chi connectivity index (χ4v) is 4.10. The number of fused-ring (bicyclic) bond motifs is 1. The molecule has 1 aliphatic heterocycles. The second-order valence-electron chi connectivity index (χ2n) is 9.20. The average molecular weight is 438 g/mol. The van der Waals surface area contributed by atoms with Crippen LogP contribution < -0.4 is 10.6 Å². The molecule has 4 rings (SSSR count). The molecular formula is C23H31N7O2. The number of amides is 2. The number of piperazine rings is 1. The van der Waals surface area contributed by atoms with Gasteiger partial charge in [-0.05, 0) is 46.2 Å². The van der Waals surface area contributed by atoms with E-state index >= 15 is 0 Å². The van der Waals surface area contributed by atoms with Crippen molar-refractivity contribution in [2.24, 2.45) is 0 Å². The Morgan fingerprint density at radius 2 is 2.06 bits per heavy atom. The van der Waals surface area contributed by atoms with E-state index in [0.29, 0.717) is 25.2 Å².